The molecule has 142 valence electrons. The Kier molecular flexibility index (Phi) is 5.79. The fourth-order valence-corrected chi connectivity index (χ4v) is 3.13. The maximum Gasteiger partial charge on any atom is 0.226 e. The predicted molar refractivity (Wildman–Crippen MR) is 68.7 cm³/mol. The highest BCUT2D eigenvalue weighted by Crippen LogP contribution is 2.43. The number of ether oxygens (including phenoxy) is 2. The molecule has 0 aliphatic carbocycles. The smallest absolute Gasteiger partial charge is 0.226 e. The van der Waals surface area contributed by atoms with Crippen LogP contribution in [0.3, 0.4) is 0 Å². The second kappa shape index (κ2) is 7.01. The van der Waals surface area contributed by atoms with Gasteiger partial charge in [0.2, 0.25) is 6.29 Å². The van der Waals surface area contributed by atoms with E-state index in [1.54, 1.807) is 0 Å². The minimum absolute atomic E-state index is 0.726. The molecule has 8 N–H and O–H groups in total. The molecule has 12 heteroatoms. The van der Waals surface area contributed by atoms with Crippen molar-refractivity contribution in [2.75, 3.05) is 19.8 Å². The topological polar surface area (TPSA) is 190 Å². The van der Waals surface area contributed by atoms with Crippen LogP contribution in [0.25, 0.3) is 0 Å². The lowest BCUT2D eigenvalue weighted by molar-refractivity contribution is -0.418. The van der Waals surface area contributed by atoms with Crippen LogP contribution in [0.1, 0.15) is 0 Å². The summed E-state index contributed by atoms with van der Waals surface area (Å²) < 4.78 is 22.2. The molecular formula is C12H21FO11. The van der Waals surface area contributed by atoms with Gasteiger partial charge in [-0.1, -0.05) is 0 Å². The van der Waals surface area contributed by atoms with Gasteiger partial charge in [0.05, 0.1) is 19.8 Å². The Hall–Kier alpha value is -0.510. The summed E-state index contributed by atoms with van der Waals surface area (Å²) in [6.45, 7) is -2.63. The first-order valence-corrected chi connectivity index (χ1v) is 7.12. The van der Waals surface area contributed by atoms with Gasteiger partial charge < -0.3 is 50.3 Å². The molecule has 24 heavy (non-hydrogen) atoms. The highest BCUT2D eigenvalue weighted by atomic mass is 19.3. The monoisotopic (exact) mass is 360 g/mol. The molecule has 2 heterocycles. The fraction of sp³-hybridized carbons (Fsp3) is 1.00. The van der Waals surface area contributed by atoms with Crippen LogP contribution in [0.5, 0.6) is 0 Å². The van der Waals surface area contributed by atoms with E-state index in [0.717, 1.165) is 0 Å². The highest BCUT2D eigenvalue weighted by Gasteiger charge is 2.70. The van der Waals surface area contributed by atoms with Gasteiger partial charge in [-0.25, -0.2) is 0 Å². The van der Waals surface area contributed by atoms with E-state index in [2.05, 4.69) is 4.94 Å². The van der Waals surface area contributed by atoms with Crippen LogP contribution >= 0.6 is 0 Å². The number of rotatable bonds is 4. The average molecular weight is 360 g/mol. The van der Waals surface area contributed by atoms with Crippen LogP contribution in [0, 0.1) is 0 Å². The Labute approximate surface area is 135 Å². The third-order valence-corrected chi connectivity index (χ3v) is 4.67. The number of hydrogen-bond acceptors (Lipinski definition) is 11. The zero-order valence-corrected chi connectivity index (χ0v) is 12.3. The highest BCUT2D eigenvalue weighted by molar-refractivity contribution is 5.18. The van der Waals surface area contributed by atoms with Gasteiger partial charge in [-0.3, -0.25) is 0 Å². The van der Waals surface area contributed by atoms with Crippen LogP contribution in [-0.2, 0) is 14.4 Å². The van der Waals surface area contributed by atoms with E-state index in [1.165, 1.54) is 0 Å². The van der Waals surface area contributed by atoms with Crippen LogP contribution < -0.4 is 0 Å². The van der Waals surface area contributed by atoms with Gasteiger partial charge in [-0.05, 0) is 4.53 Å². The van der Waals surface area contributed by atoms with Crippen LogP contribution in [0.15, 0.2) is 0 Å². The fourth-order valence-electron chi connectivity index (χ4n) is 3.13. The number of aliphatic hydroxyl groups excluding tert-OH is 6. The molecular weight excluding hydrogens is 339 g/mol. The average Bonchev–Trinajstić information content (AvgIpc) is 2.58. The molecule has 0 aromatic carbocycles. The van der Waals surface area contributed by atoms with Crippen molar-refractivity contribution in [1.29, 1.82) is 0 Å². The van der Waals surface area contributed by atoms with E-state index in [0.29, 0.717) is 0 Å². The van der Waals surface area contributed by atoms with Crippen molar-refractivity contribution in [1.82, 2.24) is 0 Å². The number of aliphatic hydroxyl groups is 8. The van der Waals surface area contributed by atoms with Gasteiger partial charge in [0, 0.05) is 0 Å². The first-order valence-electron chi connectivity index (χ1n) is 7.12. The molecule has 2 aliphatic heterocycles. The third-order valence-electron chi connectivity index (χ3n) is 4.67. The van der Waals surface area contributed by atoms with E-state index in [9.17, 15) is 35.2 Å². The van der Waals surface area contributed by atoms with Crippen LogP contribution in [-0.4, -0.2) is 115 Å². The Bertz CT molecular complexity index is 423. The molecule has 0 bridgehead atoms. The molecule has 2 aliphatic rings. The number of hydrogen-bond donors (Lipinski definition) is 8. The summed E-state index contributed by atoms with van der Waals surface area (Å²) in [5.41, 5.74) is -6.03. The van der Waals surface area contributed by atoms with Crippen LogP contribution in [0.4, 0.5) is 4.53 Å². The van der Waals surface area contributed by atoms with Gasteiger partial charge in [0.25, 0.3) is 0 Å². The molecule has 2 saturated heterocycles. The summed E-state index contributed by atoms with van der Waals surface area (Å²) in [6, 6.07) is 0. The molecule has 0 saturated carbocycles. The van der Waals surface area contributed by atoms with Gasteiger partial charge in [-0.15, -0.1) is 0 Å². The first-order chi connectivity index (χ1) is 11.2. The van der Waals surface area contributed by atoms with Crippen molar-refractivity contribution in [2.45, 2.75) is 54.1 Å². The Morgan fingerprint density at radius 3 is 2.04 bits per heavy atom. The summed E-state index contributed by atoms with van der Waals surface area (Å²) in [5.74, 6) is 0. The lowest BCUT2D eigenvalue weighted by atomic mass is 9.66. The zero-order chi connectivity index (χ0) is 18.3. The molecule has 0 aromatic heterocycles. The maximum absolute atomic E-state index is 12.6. The molecule has 0 amide bonds. The van der Waals surface area contributed by atoms with Crippen molar-refractivity contribution < 1.29 is 59.8 Å². The normalized spacial score (nSPS) is 53.1. The molecule has 0 spiro atoms. The molecule has 9 atom stereocenters. The summed E-state index contributed by atoms with van der Waals surface area (Å²) in [7, 11) is 0. The quantitative estimate of drug-likeness (QED) is 0.239. The van der Waals surface area contributed by atoms with Crippen LogP contribution in [0.2, 0.25) is 0 Å². The van der Waals surface area contributed by atoms with E-state index >= 15 is 0 Å². The summed E-state index contributed by atoms with van der Waals surface area (Å²) in [5, 5.41) is 79.9. The van der Waals surface area contributed by atoms with E-state index in [4.69, 9.17) is 19.7 Å². The van der Waals surface area contributed by atoms with Gasteiger partial charge in [-0.2, -0.15) is 4.94 Å². The maximum atomic E-state index is 12.6. The Balaban J connectivity index is 2.44. The van der Waals surface area contributed by atoms with E-state index in [1.807, 2.05) is 0 Å². The summed E-state index contributed by atoms with van der Waals surface area (Å²) >= 11 is 0. The van der Waals surface area contributed by atoms with Crippen molar-refractivity contribution in [2.24, 2.45) is 0 Å². The molecule has 2 rings (SSSR count). The molecule has 0 unspecified atom stereocenters. The minimum atomic E-state index is -3.11. The zero-order valence-electron chi connectivity index (χ0n) is 12.3. The van der Waals surface area contributed by atoms with Crippen molar-refractivity contribution >= 4 is 0 Å². The third kappa shape index (κ3) is 2.64. The predicted octanol–water partition coefficient (Wildman–Crippen LogP) is -5.10. The molecule has 11 nitrogen and oxygen atoms in total. The minimum Gasteiger partial charge on any atom is -0.394 e. The Morgan fingerprint density at radius 2 is 1.54 bits per heavy atom. The van der Waals surface area contributed by atoms with Gasteiger partial charge in [0.1, 0.15) is 36.6 Å². The lowest BCUT2D eigenvalue weighted by Gasteiger charge is -2.57. The molecule has 2 fully saturated rings. The second-order valence-electron chi connectivity index (χ2n) is 5.92. The number of halogens is 1. The Morgan fingerprint density at radius 1 is 0.958 bits per heavy atom. The SMILES string of the molecule is OC[C@H]1OC[C@](O)([C@]2(O)[C@H](O)[C@@H](CO)O[C@H](OF)[C@@H]2O)[C@@H](O)[C@H]1O. The summed E-state index contributed by atoms with van der Waals surface area (Å²) in [4.78, 5) is 3.33. The van der Waals surface area contributed by atoms with Crippen molar-refractivity contribution in [3.63, 3.8) is 0 Å². The summed E-state index contributed by atoms with van der Waals surface area (Å²) in [6.07, 6.45) is -14.0. The van der Waals surface area contributed by atoms with E-state index < -0.39 is 73.9 Å². The van der Waals surface area contributed by atoms with Gasteiger partial charge >= 0.3 is 0 Å². The first kappa shape index (κ1) is 19.8. The molecule has 0 radical (unpaired) electrons. The molecule has 0 aromatic rings. The van der Waals surface area contributed by atoms with E-state index in [-0.39, 0.29) is 0 Å². The lowest BCUT2D eigenvalue weighted by Crippen LogP contribution is -2.82. The second-order valence-corrected chi connectivity index (χ2v) is 5.92. The van der Waals surface area contributed by atoms with Crippen molar-refractivity contribution in [3.05, 3.63) is 0 Å². The van der Waals surface area contributed by atoms with Gasteiger partial charge in [0.15, 0.2) is 11.2 Å². The standard InChI is InChI=1S/C12H21FO11/c13-24-10-9(19)12(21,7(17)5(2-15)23-10)11(20)3-22-4(1-14)6(16)8(11)18/h4-10,14-21H,1-3H2/t4-,5-,6+,7-,8+,9+,10-,11-,12+/m1/s1. The van der Waals surface area contributed by atoms with Crippen molar-refractivity contribution in [3.8, 4) is 0 Å². The largest absolute Gasteiger partial charge is 0.394 e.